The molecule has 7 heteroatoms. The maximum Gasteiger partial charge on any atom is 0.317 e. The molecule has 0 bridgehead atoms. The SMILES string of the molecule is CCOC(=O)CCN(C)C(=O)NCC1CCCC1C(=O)O. The van der Waals surface area contributed by atoms with Gasteiger partial charge in [0.05, 0.1) is 18.9 Å². The number of aliphatic carboxylic acids is 1. The van der Waals surface area contributed by atoms with Gasteiger partial charge in [0.1, 0.15) is 0 Å². The molecule has 2 unspecified atom stereocenters. The molecule has 1 saturated carbocycles. The Morgan fingerprint density at radius 2 is 2.05 bits per heavy atom. The van der Waals surface area contributed by atoms with E-state index < -0.39 is 5.97 Å². The van der Waals surface area contributed by atoms with Crippen LogP contribution < -0.4 is 5.32 Å². The number of nitrogens with zero attached hydrogens (tertiary/aromatic N) is 1. The van der Waals surface area contributed by atoms with Gasteiger partial charge in [-0.05, 0) is 25.7 Å². The van der Waals surface area contributed by atoms with Crippen molar-refractivity contribution in [3.05, 3.63) is 0 Å². The molecule has 0 radical (unpaired) electrons. The number of carbonyl (C=O) groups excluding carboxylic acids is 2. The highest BCUT2D eigenvalue weighted by atomic mass is 16.5. The molecule has 120 valence electrons. The number of rotatable bonds is 7. The van der Waals surface area contributed by atoms with Crippen LogP contribution in [0.25, 0.3) is 0 Å². The minimum atomic E-state index is -0.789. The second-order valence-corrected chi connectivity index (χ2v) is 5.30. The minimum absolute atomic E-state index is 0.00935. The fourth-order valence-corrected chi connectivity index (χ4v) is 2.55. The quantitative estimate of drug-likeness (QED) is 0.686. The molecular formula is C14H24N2O5. The van der Waals surface area contributed by atoms with Gasteiger partial charge in [0.2, 0.25) is 0 Å². The van der Waals surface area contributed by atoms with Crippen LogP contribution in [0.4, 0.5) is 4.79 Å². The second-order valence-electron chi connectivity index (χ2n) is 5.30. The average molecular weight is 300 g/mol. The van der Waals surface area contributed by atoms with E-state index in [-0.39, 0.29) is 36.8 Å². The standard InChI is InChI=1S/C14H24N2O5/c1-3-21-12(17)7-8-16(2)14(20)15-9-10-5-4-6-11(10)13(18)19/h10-11H,3-9H2,1-2H3,(H,15,20)(H,18,19). The molecule has 0 spiro atoms. The lowest BCUT2D eigenvalue weighted by atomic mass is 9.96. The van der Waals surface area contributed by atoms with Gasteiger partial charge in [-0.2, -0.15) is 0 Å². The van der Waals surface area contributed by atoms with E-state index in [0.29, 0.717) is 19.6 Å². The molecule has 0 aliphatic heterocycles. The van der Waals surface area contributed by atoms with Crippen LogP contribution in [0.5, 0.6) is 0 Å². The topological polar surface area (TPSA) is 95.9 Å². The van der Waals surface area contributed by atoms with Crippen LogP contribution in [-0.4, -0.2) is 54.7 Å². The smallest absolute Gasteiger partial charge is 0.317 e. The van der Waals surface area contributed by atoms with E-state index in [0.717, 1.165) is 12.8 Å². The molecule has 1 rings (SSSR count). The number of urea groups is 1. The van der Waals surface area contributed by atoms with Crippen LogP contribution in [0.3, 0.4) is 0 Å². The summed E-state index contributed by atoms with van der Waals surface area (Å²) in [4.78, 5) is 35.5. The van der Waals surface area contributed by atoms with E-state index in [1.54, 1.807) is 14.0 Å². The molecule has 0 aromatic heterocycles. The third-order valence-corrected chi connectivity index (χ3v) is 3.80. The van der Waals surface area contributed by atoms with Gasteiger partial charge in [0, 0.05) is 20.1 Å². The van der Waals surface area contributed by atoms with Crippen molar-refractivity contribution in [1.29, 1.82) is 0 Å². The number of carbonyl (C=O) groups is 3. The number of amides is 2. The molecule has 0 saturated heterocycles. The molecule has 0 heterocycles. The number of carboxylic acids is 1. The van der Waals surface area contributed by atoms with Gasteiger partial charge < -0.3 is 20.1 Å². The van der Waals surface area contributed by atoms with E-state index >= 15 is 0 Å². The fourth-order valence-electron chi connectivity index (χ4n) is 2.55. The van der Waals surface area contributed by atoms with Gasteiger partial charge in [-0.1, -0.05) is 6.42 Å². The van der Waals surface area contributed by atoms with Crippen molar-refractivity contribution in [3.63, 3.8) is 0 Å². The summed E-state index contributed by atoms with van der Waals surface area (Å²) in [6.07, 6.45) is 2.54. The summed E-state index contributed by atoms with van der Waals surface area (Å²) in [5.41, 5.74) is 0. The average Bonchev–Trinajstić information content (AvgIpc) is 2.91. The van der Waals surface area contributed by atoms with E-state index in [1.807, 2.05) is 0 Å². The van der Waals surface area contributed by atoms with E-state index in [4.69, 9.17) is 9.84 Å². The lowest BCUT2D eigenvalue weighted by Gasteiger charge is -2.21. The summed E-state index contributed by atoms with van der Waals surface area (Å²) < 4.78 is 4.79. The number of nitrogens with one attached hydrogen (secondary N) is 1. The highest BCUT2D eigenvalue weighted by Gasteiger charge is 2.33. The number of ether oxygens (including phenoxy) is 1. The lowest BCUT2D eigenvalue weighted by Crippen LogP contribution is -2.41. The second kappa shape index (κ2) is 8.49. The van der Waals surface area contributed by atoms with Crippen molar-refractivity contribution in [2.45, 2.75) is 32.6 Å². The monoisotopic (exact) mass is 300 g/mol. The molecule has 2 N–H and O–H groups in total. The number of hydrogen-bond donors (Lipinski definition) is 2. The first-order valence-electron chi connectivity index (χ1n) is 7.33. The first-order valence-corrected chi connectivity index (χ1v) is 7.33. The first kappa shape index (κ1) is 17.3. The van der Waals surface area contributed by atoms with Crippen LogP contribution in [0, 0.1) is 11.8 Å². The summed E-state index contributed by atoms with van der Waals surface area (Å²) in [6.45, 7) is 2.69. The third kappa shape index (κ3) is 5.61. The molecule has 1 aliphatic carbocycles. The van der Waals surface area contributed by atoms with Gasteiger partial charge in [-0.3, -0.25) is 9.59 Å². The van der Waals surface area contributed by atoms with Crippen LogP contribution in [0.2, 0.25) is 0 Å². The van der Waals surface area contributed by atoms with Crippen molar-refractivity contribution in [3.8, 4) is 0 Å². The molecular weight excluding hydrogens is 276 g/mol. The van der Waals surface area contributed by atoms with Gasteiger partial charge >= 0.3 is 18.0 Å². The maximum absolute atomic E-state index is 11.9. The number of hydrogen-bond acceptors (Lipinski definition) is 4. The molecule has 7 nitrogen and oxygen atoms in total. The number of carboxylic acid groups (broad SMARTS) is 1. The largest absolute Gasteiger partial charge is 0.481 e. The van der Waals surface area contributed by atoms with Crippen molar-refractivity contribution >= 4 is 18.0 Å². The van der Waals surface area contributed by atoms with Crippen molar-refractivity contribution in [2.24, 2.45) is 11.8 Å². The number of esters is 1. The van der Waals surface area contributed by atoms with E-state index in [9.17, 15) is 14.4 Å². The van der Waals surface area contributed by atoms with Gasteiger partial charge in [0.15, 0.2) is 0 Å². The summed E-state index contributed by atoms with van der Waals surface area (Å²) in [5.74, 6) is -1.50. The highest BCUT2D eigenvalue weighted by Crippen LogP contribution is 2.31. The molecule has 0 aromatic rings. The molecule has 1 aliphatic rings. The van der Waals surface area contributed by atoms with Crippen LogP contribution >= 0.6 is 0 Å². The van der Waals surface area contributed by atoms with Crippen LogP contribution in [-0.2, 0) is 14.3 Å². The zero-order valence-electron chi connectivity index (χ0n) is 12.6. The summed E-state index contributed by atoms with van der Waals surface area (Å²) in [5, 5.41) is 11.8. The molecule has 1 fully saturated rings. The minimum Gasteiger partial charge on any atom is -0.481 e. The van der Waals surface area contributed by atoms with Crippen LogP contribution in [0.1, 0.15) is 32.6 Å². The van der Waals surface area contributed by atoms with E-state index in [2.05, 4.69) is 5.32 Å². The first-order chi connectivity index (χ1) is 9.95. The van der Waals surface area contributed by atoms with Gasteiger partial charge in [-0.15, -0.1) is 0 Å². The van der Waals surface area contributed by atoms with Crippen molar-refractivity contribution < 1.29 is 24.2 Å². The summed E-state index contributed by atoms with van der Waals surface area (Å²) >= 11 is 0. The lowest BCUT2D eigenvalue weighted by molar-refractivity contribution is -0.144. The van der Waals surface area contributed by atoms with Gasteiger partial charge in [-0.25, -0.2) is 4.79 Å². The zero-order chi connectivity index (χ0) is 15.8. The normalized spacial score (nSPS) is 20.9. The Morgan fingerprint density at radius 3 is 2.67 bits per heavy atom. The van der Waals surface area contributed by atoms with Crippen molar-refractivity contribution in [1.82, 2.24) is 10.2 Å². The molecule has 2 atom stereocenters. The Bertz CT molecular complexity index is 386. The molecule has 21 heavy (non-hydrogen) atoms. The molecule has 2 amide bonds. The Morgan fingerprint density at radius 1 is 1.33 bits per heavy atom. The summed E-state index contributed by atoms with van der Waals surface area (Å²) in [6, 6.07) is -0.296. The Balaban J connectivity index is 2.29. The molecule has 0 aromatic carbocycles. The predicted octanol–water partition coefficient (Wildman–Crippen LogP) is 1.08. The summed E-state index contributed by atoms with van der Waals surface area (Å²) in [7, 11) is 1.60. The Labute approximate surface area is 124 Å². The Hall–Kier alpha value is -1.79. The zero-order valence-corrected chi connectivity index (χ0v) is 12.6. The van der Waals surface area contributed by atoms with E-state index in [1.165, 1.54) is 4.90 Å². The Kier molecular flexibility index (Phi) is 6.98. The van der Waals surface area contributed by atoms with Crippen LogP contribution in [0.15, 0.2) is 0 Å². The maximum atomic E-state index is 11.9. The highest BCUT2D eigenvalue weighted by molar-refractivity contribution is 5.75. The fraction of sp³-hybridized carbons (Fsp3) is 0.786. The third-order valence-electron chi connectivity index (χ3n) is 3.80. The van der Waals surface area contributed by atoms with Crippen molar-refractivity contribution in [2.75, 3.05) is 26.7 Å². The van der Waals surface area contributed by atoms with Gasteiger partial charge in [0.25, 0.3) is 0 Å². The predicted molar refractivity (Wildman–Crippen MR) is 75.7 cm³/mol.